The number of β-amino-alcohol motifs (C(OH)–C–C–N with tert-alkyl or cyclic N) is 1. The van der Waals surface area contributed by atoms with Gasteiger partial charge in [-0.05, 0) is 32.6 Å². The zero-order chi connectivity index (χ0) is 12.6. The molecular weight excluding hydrogens is 218 g/mol. The summed E-state index contributed by atoms with van der Waals surface area (Å²) < 4.78 is 0. The second kappa shape index (κ2) is 4.41. The molecule has 1 saturated heterocycles. The number of carbonyl (C=O) groups excluding carboxylic acids is 2. The van der Waals surface area contributed by atoms with Crippen molar-refractivity contribution < 1.29 is 14.7 Å². The van der Waals surface area contributed by atoms with Crippen LogP contribution in [0.4, 0.5) is 0 Å². The number of nitrogens with zero attached hydrogens (tertiary/aromatic N) is 1. The van der Waals surface area contributed by atoms with E-state index in [2.05, 4.69) is 0 Å². The minimum absolute atomic E-state index is 0.0233. The summed E-state index contributed by atoms with van der Waals surface area (Å²) in [5, 5.41) is 10.1. The molecule has 2 rings (SSSR count). The summed E-state index contributed by atoms with van der Waals surface area (Å²) in [6.45, 7) is 3.84. The van der Waals surface area contributed by atoms with Crippen LogP contribution >= 0.6 is 0 Å². The molecule has 2 aliphatic rings. The van der Waals surface area contributed by atoms with Crippen molar-refractivity contribution >= 4 is 11.8 Å². The van der Waals surface area contributed by atoms with Crippen LogP contribution in [-0.4, -0.2) is 34.0 Å². The van der Waals surface area contributed by atoms with Crippen LogP contribution in [0.3, 0.4) is 0 Å². The lowest BCUT2D eigenvalue weighted by Crippen LogP contribution is -2.52. The highest BCUT2D eigenvalue weighted by Gasteiger charge is 2.46. The van der Waals surface area contributed by atoms with Crippen LogP contribution in [0, 0.1) is 11.8 Å². The summed E-state index contributed by atoms with van der Waals surface area (Å²) in [5.41, 5.74) is -0.948. The molecule has 4 nitrogen and oxygen atoms in total. The van der Waals surface area contributed by atoms with Crippen molar-refractivity contribution in [3.8, 4) is 0 Å². The Morgan fingerprint density at radius 3 is 2.29 bits per heavy atom. The van der Waals surface area contributed by atoms with Gasteiger partial charge >= 0.3 is 0 Å². The number of aliphatic hydroxyl groups is 1. The molecule has 3 unspecified atom stereocenters. The van der Waals surface area contributed by atoms with E-state index in [1.807, 2.05) is 6.92 Å². The second-order valence-electron chi connectivity index (χ2n) is 5.72. The highest BCUT2D eigenvalue weighted by Crippen LogP contribution is 2.38. The summed E-state index contributed by atoms with van der Waals surface area (Å²) in [5.74, 6) is -0.0921. The monoisotopic (exact) mass is 239 g/mol. The fourth-order valence-electron chi connectivity index (χ4n) is 3.09. The van der Waals surface area contributed by atoms with Gasteiger partial charge in [0.05, 0.1) is 12.1 Å². The number of hydrogen-bond acceptors (Lipinski definition) is 3. The van der Waals surface area contributed by atoms with Crippen LogP contribution in [0.1, 0.15) is 46.0 Å². The van der Waals surface area contributed by atoms with E-state index >= 15 is 0 Å². The molecule has 2 amide bonds. The summed E-state index contributed by atoms with van der Waals surface area (Å²) in [4.78, 5) is 25.4. The van der Waals surface area contributed by atoms with Crippen LogP contribution < -0.4 is 0 Å². The fourth-order valence-corrected chi connectivity index (χ4v) is 3.09. The van der Waals surface area contributed by atoms with Crippen molar-refractivity contribution in [2.24, 2.45) is 11.8 Å². The molecule has 3 atom stereocenters. The van der Waals surface area contributed by atoms with E-state index in [-0.39, 0.29) is 30.2 Å². The van der Waals surface area contributed by atoms with E-state index in [0.717, 1.165) is 25.7 Å². The Kier molecular flexibility index (Phi) is 3.25. The van der Waals surface area contributed by atoms with Gasteiger partial charge < -0.3 is 5.11 Å². The highest BCUT2D eigenvalue weighted by atomic mass is 16.3. The SMILES string of the molecule is CCCC(C)(O)CN1C(=O)C2CCC(C2)C1=O. The smallest absolute Gasteiger partial charge is 0.232 e. The Morgan fingerprint density at radius 2 is 1.82 bits per heavy atom. The number of likely N-dealkylation sites (tertiary alicyclic amines) is 1. The Balaban J connectivity index is 2.10. The summed E-state index contributed by atoms with van der Waals surface area (Å²) >= 11 is 0. The van der Waals surface area contributed by atoms with Crippen molar-refractivity contribution in [3.05, 3.63) is 0 Å². The van der Waals surface area contributed by atoms with Crippen molar-refractivity contribution in [1.82, 2.24) is 4.90 Å². The predicted octanol–water partition coefficient (Wildman–Crippen LogP) is 1.32. The molecule has 0 aromatic rings. The van der Waals surface area contributed by atoms with Crippen LogP contribution in [0.2, 0.25) is 0 Å². The second-order valence-corrected chi connectivity index (χ2v) is 5.72. The maximum absolute atomic E-state index is 12.1. The van der Waals surface area contributed by atoms with Gasteiger partial charge in [0.15, 0.2) is 0 Å². The zero-order valence-electron chi connectivity index (χ0n) is 10.6. The van der Waals surface area contributed by atoms with Crippen LogP contribution in [0.25, 0.3) is 0 Å². The molecular formula is C13H21NO3. The third kappa shape index (κ3) is 2.37. The van der Waals surface area contributed by atoms with Gasteiger partial charge in [0.1, 0.15) is 0 Å². The quantitative estimate of drug-likeness (QED) is 0.753. The van der Waals surface area contributed by atoms with E-state index in [1.165, 1.54) is 4.90 Å². The van der Waals surface area contributed by atoms with Gasteiger partial charge in [-0.25, -0.2) is 0 Å². The first-order valence-electron chi connectivity index (χ1n) is 6.52. The van der Waals surface area contributed by atoms with E-state index in [9.17, 15) is 14.7 Å². The Morgan fingerprint density at radius 1 is 1.29 bits per heavy atom. The first-order valence-corrected chi connectivity index (χ1v) is 6.52. The maximum Gasteiger partial charge on any atom is 0.232 e. The Labute approximate surface area is 102 Å². The van der Waals surface area contributed by atoms with Crippen molar-refractivity contribution in [3.63, 3.8) is 0 Å². The third-order valence-corrected chi connectivity index (χ3v) is 3.95. The van der Waals surface area contributed by atoms with Gasteiger partial charge in [0.25, 0.3) is 0 Å². The molecule has 96 valence electrons. The third-order valence-electron chi connectivity index (χ3n) is 3.95. The Hall–Kier alpha value is -0.900. The normalized spacial score (nSPS) is 31.8. The van der Waals surface area contributed by atoms with E-state index in [0.29, 0.717) is 6.42 Å². The average Bonchev–Trinajstić information content (AvgIpc) is 2.68. The highest BCUT2D eigenvalue weighted by molar-refractivity contribution is 6.00. The number of rotatable bonds is 4. The number of hydrogen-bond donors (Lipinski definition) is 1. The first kappa shape index (κ1) is 12.6. The van der Waals surface area contributed by atoms with Gasteiger partial charge in [0, 0.05) is 11.8 Å². The van der Waals surface area contributed by atoms with Crippen molar-refractivity contribution in [1.29, 1.82) is 0 Å². The first-order chi connectivity index (χ1) is 7.94. The molecule has 1 heterocycles. The number of carbonyl (C=O) groups is 2. The number of piperidine rings is 1. The minimum atomic E-state index is -0.948. The molecule has 2 fully saturated rings. The fraction of sp³-hybridized carbons (Fsp3) is 0.846. The molecule has 0 radical (unpaired) electrons. The lowest BCUT2D eigenvalue weighted by Gasteiger charge is -2.35. The van der Waals surface area contributed by atoms with Gasteiger partial charge in [0.2, 0.25) is 11.8 Å². The lowest BCUT2D eigenvalue weighted by molar-refractivity contribution is -0.156. The number of imide groups is 1. The molecule has 0 aromatic carbocycles. The molecule has 2 bridgehead atoms. The lowest BCUT2D eigenvalue weighted by atomic mass is 9.93. The maximum atomic E-state index is 12.1. The van der Waals surface area contributed by atoms with Crippen molar-refractivity contribution in [2.75, 3.05) is 6.54 Å². The molecule has 1 N–H and O–H groups in total. The molecule has 17 heavy (non-hydrogen) atoms. The minimum Gasteiger partial charge on any atom is -0.388 e. The van der Waals surface area contributed by atoms with E-state index < -0.39 is 5.60 Å². The van der Waals surface area contributed by atoms with Crippen LogP contribution in [-0.2, 0) is 9.59 Å². The topological polar surface area (TPSA) is 57.6 Å². The largest absolute Gasteiger partial charge is 0.388 e. The van der Waals surface area contributed by atoms with Crippen molar-refractivity contribution in [2.45, 2.75) is 51.6 Å². The summed E-state index contributed by atoms with van der Waals surface area (Å²) in [7, 11) is 0. The standard InChI is InChI=1S/C13H21NO3/c1-3-6-13(2,17)8-14-11(15)9-4-5-10(7-9)12(14)16/h9-10,17H,3-8H2,1-2H3. The number of amides is 2. The molecule has 1 aliphatic carbocycles. The van der Waals surface area contributed by atoms with E-state index in [1.54, 1.807) is 6.92 Å². The van der Waals surface area contributed by atoms with Crippen LogP contribution in [0.5, 0.6) is 0 Å². The summed E-state index contributed by atoms with van der Waals surface area (Å²) in [6.07, 6.45) is 3.85. The van der Waals surface area contributed by atoms with Crippen LogP contribution in [0.15, 0.2) is 0 Å². The van der Waals surface area contributed by atoms with Gasteiger partial charge in [-0.1, -0.05) is 13.3 Å². The molecule has 0 spiro atoms. The zero-order valence-corrected chi connectivity index (χ0v) is 10.6. The molecule has 1 aliphatic heterocycles. The van der Waals surface area contributed by atoms with Gasteiger partial charge in [-0.2, -0.15) is 0 Å². The molecule has 4 heteroatoms. The average molecular weight is 239 g/mol. The summed E-state index contributed by atoms with van der Waals surface area (Å²) in [6, 6.07) is 0. The number of fused-ring (bicyclic) bond motifs is 2. The molecule has 0 aromatic heterocycles. The van der Waals surface area contributed by atoms with Gasteiger partial charge in [-0.15, -0.1) is 0 Å². The predicted molar refractivity (Wildman–Crippen MR) is 63.1 cm³/mol. The molecule has 1 saturated carbocycles. The Bertz CT molecular complexity index is 316. The van der Waals surface area contributed by atoms with Gasteiger partial charge in [-0.3, -0.25) is 14.5 Å². The van der Waals surface area contributed by atoms with E-state index in [4.69, 9.17) is 0 Å².